The molecule has 1 aromatic heterocycles. The molecule has 3 rings (SSSR count). The molecular formula is C31H33N5O9. The van der Waals surface area contributed by atoms with Crippen LogP contribution < -0.4 is 16.2 Å². The number of para-hydroxylation sites is 1. The number of nitrogens with one attached hydrogen (secondary N) is 1. The number of carboxylic acid groups (broad SMARTS) is 3. The van der Waals surface area contributed by atoms with Crippen molar-refractivity contribution in [2.45, 2.75) is 58.2 Å². The highest BCUT2D eigenvalue weighted by atomic mass is 16.4. The van der Waals surface area contributed by atoms with Crippen LogP contribution in [0.3, 0.4) is 0 Å². The Labute approximate surface area is 257 Å². The topological polar surface area (TPSA) is 224 Å². The van der Waals surface area contributed by atoms with Crippen LogP contribution in [0.15, 0.2) is 41.2 Å². The number of nitrogens with two attached hydrogens (primary N) is 1. The van der Waals surface area contributed by atoms with Gasteiger partial charge in [-0.15, -0.1) is 6.42 Å². The van der Waals surface area contributed by atoms with Crippen LogP contribution in [-0.2, 0) is 25.7 Å². The van der Waals surface area contributed by atoms with E-state index in [0.29, 0.717) is 27.2 Å². The lowest BCUT2D eigenvalue weighted by Gasteiger charge is -2.30. The molecule has 2 atom stereocenters. The average Bonchev–Trinajstić information content (AvgIpc) is 2.97. The fourth-order valence-corrected chi connectivity index (χ4v) is 4.80. The van der Waals surface area contributed by atoms with Crippen LogP contribution in [0, 0.1) is 26.2 Å². The van der Waals surface area contributed by atoms with Crippen molar-refractivity contribution in [2.24, 2.45) is 5.73 Å². The number of carbonyl (C=O) groups excluding carboxylic acids is 2. The summed E-state index contributed by atoms with van der Waals surface area (Å²) < 4.78 is 0. The van der Waals surface area contributed by atoms with Gasteiger partial charge in [0.15, 0.2) is 0 Å². The van der Waals surface area contributed by atoms with E-state index in [1.807, 2.05) is 6.92 Å². The molecule has 236 valence electrons. The Morgan fingerprint density at radius 1 is 1.02 bits per heavy atom. The molecule has 0 fully saturated rings. The van der Waals surface area contributed by atoms with Crippen molar-refractivity contribution < 1.29 is 39.3 Å². The summed E-state index contributed by atoms with van der Waals surface area (Å²) >= 11 is 0. The number of carbonyl (C=O) groups is 5. The van der Waals surface area contributed by atoms with Gasteiger partial charge in [-0.2, -0.15) is 0 Å². The molecule has 14 nitrogen and oxygen atoms in total. The number of fused-ring (bicyclic) bond motifs is 1. The van der Waals surface area contributed by atoms with Crippen LogP contribution in [0.5, 0.6) is 0 Å². The zero-order chi connectivity index (χ0) is 33.4. The van der Waals surface area contributed by atoms with Gasteiger partial charge in [0.05, 0.1) is 28.7 Å². The maximum absolute atomic E-state index is 14.1. The molecule has 0 spiro atoms. The van der Waals surface area contributed by atoms with Gasteiger partial charge in [0, 0.05) is 19.4 Å². The van der Waals surface area contributed by atoms with E-state index in [2.05, 4.69) is 15.9 Å². The Hall–Kier alpha value is -5.55. The van der Waals surface area contributed by atoms with Gasteiger partial charge in [0.25, 0.3) is 11.5 Å². The smallest absolute Gasteiger partial charge is 0.326 e. The van der Waals surface area contributed by atoms with Gasteiger partial charge in [0.2, 0.25) is 5.91 Å². The van der Waals surface area contributed by atoms with Gasteiger partial charge < -0.3 is 30.9 Å². The van der Waals surface area contributed by atoms with Crippen molar-refractivity contribution in [3.05, 3.63) is 69.3 Å². The number of nitrogens with zero attached hydrogens (tertiary/aromatic N) is 3. The molecule has 0 unspecified atom stereocenters. The molecular weight excluding hydrogens is 586 g/mol. The first-order valence-electron chi connectivity index (χ1n) is 13.8. The van der Waals surface area contributed by atoms with E-state index in [0.717, 1.165) is 5.56 Å². The highest BCUT2D eigenvalue weighted by Crippen LogP contribution is 2.27. The molecule has 0 aliphatic rings. The normalized spacial score (nSPS) is 12.1. The van der Waals surface area contributed by atoms with Gasteiger partial charge in [0.1, 0.15) is 17.9 Å². The first-order chi connectivity index (χ1) is 21.2. The number of aromatic nitrogens is 2. The van der Waals surface area contributed by atoms with Crippen LogP contribution in [-0.4, -0.2) is 78.5 Å². The van der Waals surface area contributed by atoms with Gasteiger partial charge in [-0.1, -0.05) is 18.1 Å². The Kier molecular flexibility index (Phi) is 11.1. The second-order valence-corrected chi connectivity index (χ2v) is 10.4. The maximum Gasteiger partial charge on any atom is 0.326 e. The monoisotopic (exact) mass is 619 g/mol. The quantitative estimate of drug-likeness (QED) is 0.162. The van der Waals surface area contributed by atoms with E-state index < -0.39 is 67.5 Å². The summed E-state index contributed by atoms with van der Waals surface area (Å²) in [6, 6.07) is 6.11. The number of H-pyrrole nitrogens is 1. The van der Waals surface area contributed by atoms with Gasteiger partial charge >= 0.3 is 17.9 Å². The SMILES string of the molecule is C#CCN(Cc1cc2c(=O)[nH]c(C)nc2cc1C)c1ccccc1C(=O)N(C(=O)CC[C@H](N)C(=O)O)[C@H](CCC(=O)O)C(=O)O. The molecule has 2 aromatic carbocycles. The number of aryl methyl sites for hydroxylation is 2. The Morgan fingerprint density at radius 3 is 2.33 bits per heavy atom. The number of hydrogen-bond acceptors (Lipinski definition) is 9. The van der Waals surface area contributed by atoms with Crippen LogP contribution in [0.4, 0.5) is 5.69 Å². The number of rotatable bonds is 14. The van der Waals surface area contributed by atoms with Crippen molar-refractivity contribution >= 4 is 46.3 Å². The second kappa shape index (κ2) is 14.8. The molecule has 0 aliphatic heterocycles. The maximum atomic E-state index is 14.1. The lowest BCUT2D eigenvalue weighted by molar-refractivity contribution is -0.149. The van der Waals surface area contributed by atoms with E-state index in [1.165, 1.54) is 12.1 Å². The van der Waals surface area contributed by atoms with Gasteiger partial charge in [-0.25, -0.2) is 9.78 Å². The number of carboxylic acids is 3. The first-order valence-corrected chi connectivity index (χ1v) is 13.8. The lowest BCUT2D eigenvalue weighted by atomic mass is 10.0. The number of amides is 2. The van der Waals surface area contributed by atoms with Crippen molar-refractivity contribution in [3.8, 4) is 12.3 Å². The third-order valence-electron chi connectivity index (χ3n) is 7.10. The predicted octanol–water partition coefficient (Wildman–Crippen LogP) is 1.66. The minimum absolute atomic E-state index is 0.0347. The summed E-state index contributed by atoms with van der Waals surface area (Å²) in [6.45, 7) is 3.55. The van der Waals surface area contributed by atoms with Crippen LogP contribution >= 0.6 is 0 Å². The standard InChI is InChI=1S/C31H33N5O9/c1-4-13-35(16-19-15-21-23(14-17(19)2)33-18(3)34-28(21)40)24-8-6-5-7-20(24)29(41)36(25(31(44)45)10-12-27(38)39)26(37)11-9-22(32)30(42)43/h1,5-8,14-15,22,25H,9-13,16,32H2,2-3H3,(H,38,39)(H,42,43)(H,44,45)(H,33,34,40)/t22-,25+/m0/s1. The lowest BCUT2D eigenvalue weighted by Crippen LogP contribution is -2.49. The Bertz CT molecular complexity index is 1740. The molecule has 0 saturated heterocycles. The largest absolute Gasteiger partial charge is 0.481 e. The van der Waals surface area contributed by atoms with Crippen LogP contribution in [0.25, 0.3) is 10.9 Å². The zero-order valence-electron chi connectivity index (χ0n) is 24.6. The second-order valence-electron chi connectivity index (χ2n) is 10.4. The molecule has 14 heteroatoms. The van der Waals surface area contributed by atoms with Gasteiger partial charge in [-0.3, -0.25) is 28.9 Å². The first kappa shape index (κ1) is 33.9. The summed E-state index contributed by atoms with van der Waals surface area (Å²) in [5, 5.41) is 28.6. The van der Waals surface area contributed by atoms with Crippen LogP contribution in [0.1, 0.15) is 53.0 Å². The summed E-state index contributed by atoms with van der Waals surface area (Å²) in [5.41, 5.74) is 7.25. The van der Waals surface area contributed by atoms with Crippen molar-refractivity contribution in [2.75, 3.05) is 11.4 Å². The molecule has 2 amide bonds. The average molecular weight is 620 g/mol. The minimum Gasteiger partial charge on any atom is -0.481 e. The van der Waals surface area contributed by atoms with E-state index >= 15 is 0 Å². The zero-order valence-corrected chi connectivity index (χ0v) is 24.6. The Balaban J connectivity index is 2.09. The highest BCUT2D eigenvalue weighted by Gasteiger charge is 2.37. The molecule has 3 aromatic rings. The van der Waals surface area contributed by atoms with E-state index in [4.69, 9.17) is 17.3 Å². The predicted molar refractivity (Wildman–Crippen MR) is 162 cm³/mol. The molecule has 0 bridgehead atoms. The number of hydrogen-bond donors (Lipinski definition) is 5. The Morgan fingerprint density at radius 2 is 1.71 bits per heavy atom. The third kappa shape index (κ3) is 8.30. The fraction of sp³-hybridized carbons (Fsp3) is 0.323. The molecule has 45 heavy (non-hydrogen) atoms. The van der Waals surface area contributed by atoms with Crippen molar-refractivity contribution in [1.82, 2.24) is 14.9 Å². The molecule has 1 heterocycles. The fourth-order valence-electron chi connectivity index (χ4n) is 4.80. The summed E-state index contributed by atoms with van der Waals surface area (Å²) in [6.07, 6.45) is 3.42. The number of benzene rings is 2. The van der Waals surface area contributed by atoms with Crippen molar-refractivity contribution in [3.63, 3.8) is 0 Å². The molecule has 0 saturated carbocycles. The molecule has 0 aliphatic carbocycles. The number of aliphatic carboxylic acids is 3. The summed E-state index contributed by atoms with van der Waals surface area (Å²) in [4.78, 5) is 83.9. The number of imide groups is 1. The highest BCUT2D eigenvalue weighted by molar-refractivity contribution is 6.10. The van der Waals surface area contributed by atoms with E-state index in [-0.39, 0.29) is 29.9 Å². The molecule has 6 N–H and O–H groups in total. The summed E-state index contributed by atoms with van der Waals surface area (Å²) in [7, 11) is 0. The summed E-state index contributed by atoms with van der Waals surface area (Å²) in [5.74, 6) is -3.48. The van der Waals surface area contributed by atoms with Crippen molar-refractivity contribution in [1.29, 1.82) is 0 Å². The third-order valence-corrected chi connectivity index (χ3v) is 7.10. The number of anilines is 1. The number of aromatic amines is 1. The van der Waals surface area contributed by atoms with E-state index in [9.17, 15) is 39.0 Å². The van der Waals surface area contributed by atoms with E-state index in [1.54, 1.807) is 36.1 Å². The molecule has 0 radical (unpaired) electrons. The number of terminal acetylenes is 1. The van der Waals surface area contributed by atoms with Gasteiger partial charge in [-0.05, 0) is 62.1 Å². The minimum atomic E-state index is -1.87. The van der Waals surface area contributed by atoms with Crippen LogP contribution in [0.2, 0.25) is 0 Å².